The van der Waals surface area contributed by atoms with Crippen molar-refractivity contribution in [2.24, 2.45) is 0 Å². The molecule has 2 aliphatic heterocycles. The van der Waals surface area contributed by atoms with Crippen LogP contribution in [0.1, 0.15) is 16.7 Å². The number of ether oxygens (including phenoxy) is 1. The summed E-state index contributed by atoms with van der Waals surface area (Å²) in [4.78, 5) is 4.93. The van der Waals surface area contributed by atoms with Gasteiger partial charge in [-0.2, -0.15) is 0 Å². The van der Waals surface area contributed by atoms with Gasteiger partial charge in [-0.25, -0.2) is 0 Å². The predicted molar refractivity (Wildman–Crippen MR) is 102 cm³/mol. The van der Waals surface area contributed by atoms with Crippen molar-refractivity contribution in [2.75, 3.05) is 26.2 Å². The van der Waals surface area contributed by atoms with Crippen LogP contribution in [0.5, 0.6) is 0 Å². The second-order valence-corrected chi connectivity index (χ2v) is 7.73. The van der Waals surface area contributed by atoms with E-state index < -0.39 is 0 Å². The van der Waals surface area contributed by atoms with Crippen LogP contribution in [0.3, 0.4) is 0 Å². The molecule has 2 aliphatic rings. The molecule has 3 nitrogen and oxygen atoms in total. The Hall–Kier alpha value is -1.10. The van der Waals surface area contributed by atoms with Crippen LogP contribution >= 0.6 is 23.2 Å². The van der Waals surface area contributed by atoms with Crippen LogP contribution in [-0.2, 0) is 24.4 Å². The van der Waals surface area contributed by atoms with Crippen molar-refractivity contribution in [1.29, 1.82) is 0 Å². The maximum absolute atomic E-state index is 6.14. The molecule has 0 unspecified atom stereocenters. The second-order valence-electron chi connectivity index (χ2n) is 6.91. The lowest BCUT2D eigenvalue weighted by Gasteiger charge is -2.34. The average molecular weight is 377 g/mol. The highest BCUT2D eigenvalue weighted by atomic mass is 35.5. The van der Waals surface area contributed by atoms with E-state index in [4.69, 9.17) is 27.9 Å². The molecule has 1 atom stereocenters. The molecule has 4 rings (SSSR count). The first-order valence-electron chi connectivity index (χ1n) is 8.74. The van der Waals surface area contributed by atoms with Gasteiger partial charge in [0.2, 0.25) is 0 Å². The quantitative estimate of drug-likeness (QED) is 0.794. The predicted octanol–water partition coefficient (Wildman–Crippen LogP) is 4.21. The molecule has 1 fully saturated rings. The second kappa shape index (κ2) is 7.65. The largest absolute Gasteiger partial charge is 0.374 e. The molecule has 132 valence electrons. The molecule has 0 bridgehead atoms. The number of rotatable bonds is 4. The number of hydrogen-bond acceptors (Lipinski definition) is 3. The molecule has 0 spiro atoms. The van der Waals surface area contributed by atoms with Crippen LogP contribution in [0.2, 0.25) is 10.0 Å². The van der Waals surface area contributed by atoms with E-state index in [1.54, 1.807) is 0 Å². The van der Waals surface area contributed by atoms with Gasteiger partial charge in [-0.1, -0.05) is 53.5 Å². The lowest BCUT2D eigenvalue weighted by atomic mass is 10.1. The van der Waals surface area contributed by atoms with Gasteiger partial charge in [0.1, 0.15) is 0 Å². The Morgan fingerprint density at radius 3 is 2.44 bits per heavy atom. The van der Waals surface area contributed by atoms with Gasteiger partial charge in [0.05, 0.1) is 22.8 Å². The summed E-state index contributed by atoms with van der Waals surface area (Å²) >= 11 is 12.1. The smallest absolute Gasteiger partial charge is 0.0829 e. The van der Waals surface area contributed by atoms with E-state index in [2.05, 4.69) is 40.1 Å². The molecule has 2 heterocycles. The number of morpholine rings is 1. The highest BCUT2D eigenvalue weighted by Gasteiger charge is 2.26. The Balaban J connectivity index is 1.33. The number of nitrogens with zero attached hydrogens (tertiary/aromatic N) is 2. The number of hydrogen-bond donors (Lipinski definition) is 0. The van der Waals surface area contributed by atoms with Gasteiger partial charge in [0.15, 0.2) is 0 Å². The van der Waals surface area contributed by atoms with E-state index in [1.807, 2.05) is 12.1 Å². The van der Waals surface area contributed by atoms with Gasteiger partial charge in [-0.3, -0.25) is 9.80 Å². The van der Waals surface area contributed by atoms with Gasteiger partial charge in [-0.15, -0.1) is 0 Å². The van der Waals surface area contributed by atoms with E-state index in [9.17, 15) is 0 Å². The van der Waals surface area contributed by atoms with Crippen LogP contribution in [0, 0.1) is 0 Å². The third-order valence-corrected chi connectivity index (χ3v) is 5.72. The number of benzene rings is 2. The first-order valence-corrected chi connectivity index (χ1v) is 9.50. The van der Waals surface area contributed by atoms with E-state index in [-0.39, 0.29) is 6.10 Å². The first kappa shape index (κ1) is 17.3. The van der Waals surface area contributed by atoms with Crippen LogP contribution in [0.4, 0.5) is 0 Å². The Kier molecular flexibility index (Phi) is 5.30. The minimum absolute atomic E-state index is 0.255. The fraction of sp³-hybridized carbons (Fsp3) is 0.400. The van der Waals surface area contributed by atoms with Crippen molar-refractivity contribution >= 4 is 23.2 Å². The van der Waals surface area contributed by atoms with E-state index in [0.29, 0.717) is 10.0 Å². The Labute approximate surface area is 159 Å². The monoisotopic (exact) mass is 376 g/mol. The van der Waals surface area contributed by atoms with E-state index >= 15 is 0 Å². The Morgan fingerprint density at radius 2 is 1.72 bits per heavy atom. The SMILES string of the molecule is Clc1ccc(CN2CCO[C@H](CN3Cc4ccccc4C3)C2)cc1Cl. The molecular weight excluding hydrogens is 355 g/mol. The highest BCUT2D eigenvalue weighted by Crippen LogP contribution is 2.25. The Bertz CT molecular complexity index is 727. The van der Waals surface area contributed by atoms with Crippen LogP contribution < -0.4 is 0 Å². The van der Waals surface area contributed by atoms with E-state index in [0.717, 1.165) is 45.9 Å². The fourth-order valence-electron chi connectivity index (χ4n) is 3.75. The summed E-state index contributed by atoms with van der Waals surface area (Å²) in [6.07, 6.45) is 0.255. The summed E-state index contributed by atoms with van der Waals surface area (Å²) in [5, 5.41) is 1.23. The van der Waals surface area contributed by atoms with Crippen molar-refractivity contribution < 1.29 is 4.74 Å². The molecular formula is C20H22Cl2N2O. The van der Waals surface area contributed by atoms with Gasteiger partial charge in [0.25, 0.3) is 0 Å². The lowest BCUT2D eigenvalue weighted by molar-refractivity contribution is -0.0465. The molecule has 25 heavy (non-hydrogen) atoms. The molecule has 5 heteroatoms. The molecule has 0 saturated carbocycles. The van der Waals surface area contributed by atoms with Crippen molar-refractivity contribution in [2.45, 2.75) is 25.7 Å². The van der Waals surface area contributed by atoms with Crippen LogP contribution in [0.25, 0.3) is 0 Å². The maximum atomic E-state index is 6.14. The summed E-state index contributed by atoms with van der Waals surface area (Å²) in [6, 6.07) is 14.6. The molecule has 1 saturated heterocycles. The zero-order valence-corrected chi connectivity index (χ0v) is 15.6. The maximum Gasteiger partial charge on any atom is 0.0829 e. The lowest BCUT2D eigenvalue weighted by Crippen LogP contribution is -2.46. The summed E-state index contributed by atoms with van der Waals surface area (Å²) in [6.45, 7) is 6.62. The summed E-state index contributed by atoms with van der Waals surface area (Å²) in [5.74, 6) is 0. The van der Waals surface area contributed by atoms with Gasteiger partial charge < -0.3 is 4.74 Å². The normalized spacial score (nSPS) is 21.4. The van der Waals surface area contributed by atoms with Crippen LogP contribution in [-0.4, -0.2) is 42.1 Å². The van der Waals surface area contributed by atoms with Gasteiger partial charge in [0, 0.05) is 39.3 Å². The Morgan fingerprint density at radius 1 is 0.960 bits per heavy atom. The summed E-state index contributed by atoms with van der Waals surface area (Å²) in [5.41, 5.74) is 4.10. The zero-order valence-electron chi connectivity index (χ0n) is 14.1. The highest BCUT2D eigenvalue weighted by molar-refractivity contribution is 6.42. The molecule has 0 aromatic heterocycles. The minimum Gasteiger partial charge on any atom is -0.374 e. The fourth-order valence-corrected chi connectivity index (χ4v) is 4.07. The van der Waals surface area contributed by atoms with E-state index in [1.165, 1.54) is 16.7 Å². The first-order chi connectivity index (χ1) is 12.2. The molecule has 0 radical (unpaired) electrons. The van der Waals surface area contributed by atoms with Crippen molar-refractivity contribution in [3.63, 3.8) is 0 Å². The summed E-state index contributed by atoms with van der Waals surface area (Å²) < 4.78 is 6.02. The topological polar surface area (TPSA) is 15.7 Å². The zero-order chi connectivity index (χ0) is 17.2. The molecule has 2 aromatic rings. The minimum atomic E-state index is 0.255. The van der Waals surface area contributed by atoms with Gasteiger partial charge in [-0.05, 0) is 28.8 Å². The number of halogens is 2. The molecule has 2 aromatic carbocycles. The third kappa shape index (κ3) is 4.18. The summed E-state index contributed by atoms with van der Waals surface area (Å²) in [7, 11) is 0. The number of fused-ring (bicyclic) bond motifs is 1. The molecule has 0 amide bonds. The van der Waals surface area contributed by atoms with Crippen molar-refractivity contribution in [3.8, 4) is 0 Å². The van der Waals surface area contributed by atoms with Crippen LogP contribution in [0.15, 0.2) is 42.5 Å². The van der Waals surface area contributed by atoms with Gasteiger partial charge >= 0.3 is 0 Å². The standard InChI is InChI=1S/C20H22Cl2N2O/c21-19-6-5-15(9-20(19)22)10-23-7-8-25-18(13-23)14-24-11-16-3-1-2-4-17(16)12-24/h1-6,9,18H,7-8,10-14H2/t18-/m0/s1. The van der Waals surface area contributed by atoms with Crippen molar-refractivity contribution in [3.05, 3.63) is 69.2 Å². The average Bonchev–Trinajstić information content (AvgIpc) is 3.01. The van der Waals surface area contributed by atoms with Crippen molar-refractivity contribution in [1.82, 2.24) is 9.80 Å². The molecule has 0 N–H and O–H groups in total. The molecule has 0 aliphatic carbocycles. The third-order valence-electron chi connectivity index (χ3n) is 4.98.